The quantitative estimate of drug-likeness (QED) is 0.0826. The van der Waals surface area contributed by atoms with Gasteiger partial charge in [0.05, 0.1) is 33.6 Å². The predicted octanol–water partition coefficient (Wildman–Crippen LogP) is 3.82. The molecule has 0 fully saturated rings. The van der Waals surface area contributed by atoms with Gasteiger partial charge in [-0.1, -0.05) is 22.6 Å². The van der Waals surface area contributed by atoms with Crippen LogP contribution in [0.25, 0.3) is 0 Å². The highest BCUT2D eigenvalue weighted by Crippen LogP contribution is 2.27. The van der Waals surface area contributed by atoms with Crippen molar-refractivity contribution in [3.05, 3.63) is 0 Å². The Bertz CT molecular complexity index is 522. The lowest BCUT2D eigenvalue weighted by Crippen LogP contribution is -2.08. The van der Waals surface area contributed by atoms with Crippen molar-refractivity contribution in [2.45, 2.75) is 0 Å². The normalized spacial score (nSPS) is 13.1. The van der Waals surface area contributed by atoms with E-state index in [9.17, 15) is 18.0 Å². The van der Waals surface area contributed by atoms with Gasteiger partial charge in [0.15, 0.2) is 5.12 Å². The molecular weight excluding hydrogens is 653 g/mol. The molecule has 202 valence electrons. The molecule has 0 aliphatic rings. The second-order valence-electron chi connectivity index (χ2n) is 5.73. The summed E-state index contributed by atoms with van der Waals surface area (Å²) in [5.41, 5.74) is 0. The predicted molar refractivity (Wildman–Crippen MR) is 172 cm³/mol. The molecule has 17 heteroatoms. The molecule has 0 aliphatic carbocycles. The van der Waals surface area contributed by atoms with Crippen molar-refractivity contribution in [3.63, 3.8) is 0 Å². The second-order valence-corrected chi connectivity index (χ2v) is 19.9. The van der Waals surface area contributed by atoms with Crippen molar-refractivity contribution in [2.75, 3.05) is 84.7 Å². The summed E-state index contributed by atoms with van der Waals surface area (Å²) in [6.07, 6.45) is 0. The third-order valence-corrected chi connectivity index (χ3v) is 17.0. The van der Waals surface area contributed by atoms with E-state index in [1.165, 1.54) is 80.4 Å². The molecular formula is C17H32O6S11. The van der Waals surface area contributed by atoms with Crippen LogP contribution in [0.4, 0.5) is 0 Å². The van der Waals surface area contributed by atoms with Gasteiger partial charge in [-0.3, -0.25) is 18.0 Å². The molecule has 2 atom stereocenters. The van der Waals surface area contributed by atoms with Crippen molar-refractivity contribution >= 4 is 136 Å². The van der Waals surface area contributed by atoms with Crippen LogP contribution in [0.1, 0.15) is 0 Å². The molecule has 0 aromatic heterocycles. The summed E-state index contributed by atoms with van der Waals surface area (Å²) in [6.45, 7) is 0. The molecule has 0 spiro atoms. The molecule has 2 N–H and O–H groups in total. The zero-order valence-corrected chi connectivity index (χ0v) is 27.6. The Labute approximate surface area is 246 Å². The minimum atomic E-state index is -0.884. The van der Waals surface area contributed by atoms with Gasteiger partial charge in [-0.05, 0) is 10.8 Å². The topological polar surface area (TPSA) is 109 Å². The molecule has 0 bridgehead atoms. The number of carbonyl (C=O) groups is 2. The molecule has 0 heterocycles. The maximum Gasteiger partial charge on any atom is 0.209 e. The Balaban J connectivity index is 3.45. The Morgan fingerprint density at radius 2 is 1.21 bits per heavy atom. The minimum absolute atomic E-state index is 0.0647. The summed E-state index contributed by atoms with van der Waals surface area (Å²) < 4.78 is 23.8. The lowest BCUT2D eigenvalue weighted by Gasteiger charge is -2.04. The molecule has 2 unspecified atom stereocenters. The molecule has 0 aliphatic heterocycles. The molecule has 0 aromatic carbocycles. The van der Waals surface area contributed by atoms with Crippen molar-refractivity contribution in [1.29, 1.82) is 0 Å². The summed E-state index contributed by atoms with van der Waals surface area (Å²) >= 11 is 10.4. The fraction of sp³-hybridized carbons (Fsp3) is 0.882. The summed E-state index contributed by atoms with van der Waals surface area (Å²) in [5.74, 6) is 6.61. The number of aliphatic hydroxyl groups is 2. The number of carbonyl (C=O) groups excluding carboxylic acids is 2. The monoisotopic (exact) mass is 684 g/mol. The standard InChI is InChI=1S/C17H32O6S11/c18-11-27-13-29-15-34(23)8-5-25-9-16(20)30-2-1-24-3-6-33(22)7-4-26-10-17(21)32-31-14-28-12-19/h18-19H,1-15H2. The zero-order chi connectivity index (χ0) is 25.3. The summed E-state index contributed by atoms with van der Waals surface area (Å²) in [6, 6.07) is 0. The molecule has 0 saturated carbocycles. The molecule has 6 nitrogen and oxygen atoms in total. The van der Waals surface area contributed by atoms with Gasteiger partial charge in [0, 0.05) is 72.7 Å². The van der Waals surface area contributed by atoms with E-state index < -0.39 is 21.6 Å². The largest absolute Gasteiger partial charge is 0.386 e. The lowest BCUT2D eigenvalue weighted by molar-refractivity contribution is -0.109. The minimum Gasteiger partial charge on any atom is -0.386 e. The van der Waals surface area contributed by atoms with E-state index in [1.807, 2.05) is 0 Å². The van der Waals surface area contributed by atoms with Crippen LogP contribution in [0.3, 0.4) is 0 Å². The fourth-order valence-electron chi connectivity index (χ4n) is 1.69. The van der Waals surface area contributed by atoms with Gasteiger partial charge < -0.3 is 10.2 Å². The average molecular weight is 685 g/mol. The third-order valence-electron chi connectivity index (χ3n) is 3.14. The van der Waals surface area contributed by atoms with Crippen LogP contribution in [0.2, 0.25) is 0 Å². The van der Waals surface area contributed by atoms with Crippen molar-refractivity contribution in [2.24, 2.45) is 0 Å². The maximum absolute atomic E-state index is 12.0. The van der Waals surface area contributed by atoms with E-state index in [2.05, 4.69) is 0 Å². The Morgan fingerprint density at radius 1 is 0.618 bits per heavy atom. The van der Waals surface area contributed by atoms with E-state index in [0.717, 1.165) is 22.3 Å². The number of hydrogen-bond donors (Lipinski definition) is 2. The van der Waals surface area contributed by atoms with E-state index in [1.54, 1.807) is 23.5 Å². The van der Waals surface area contributed by atoms with Gasteiger partial charge >= 0.3 is 0 Å². The zero-order valence-electron chi connectivity index (χ0n) is 18.6. The summed E-state index contributed by atoms with van der Waals surface area (Å²) in [4.78, 5) is 23.5. The molecule has 34 heavy (non-hydrogen) atoms. The molecule has 0 radical (unpaired) electrons. The summed E-state index contributed by atoms with van der Waals surface area (Å²) in [7, 11) is 0.872. The Kier molecular flexibility index (Phi) is 31.0. The molecule has 0 rings (SSSR count). The first-order valence-electron chi connectivity index (χ1n) is 9.85. The Morgan fingerprint density at radius 3 is 1.88 bits per heavy atom. The van der Waals surface area contributed by atoms with E-state index >= 15 is 0 Å². The van der Waals surface area contributed by atoms with Crippen LogP contribution in [-0.4, -0.2) is 114 Å². The highest BCUT2D eigenvalue weighted by Gasteiger charge is 2.07. The Hall–Kier alpha value is 2.71. The van der Waals surface area contributed by atoms with Crippen LogP contribution < -0.4 is 0 Å². The smallest absolute Gasteiger partial charge is 0.209 e. The maximum atomic E-state index is 12.0. The van der Waals surface area contributed by atoms with Crippen LogP contribution in [0.15, 0.2) is 0 Å². The van der Waals surface area contributed by atoms with Crippen molar-refractivity contribution in [1.82, 2.24) is 0 Å². The van der Waals surface area contributed by atoms with E-state index in [-0.39, 0.29) is 22.1 Å². The van der Waals surface area contributed by atoms with Gasteiger partial charge in [0.1, 0.15) is 0 Å². The lowest BCUT2D eigenvalue weighted by atomic mass is 10.9. The highest BCUT2D eigenvalue weighted by molar-refractivity contribution is 8.83. The van der Waals surface area contributed by atoms with Crippen LogP contribution in [0.5, 0.6) is 0 Å². The van der Waals surface area contributed by atoms with Gasteiger partial charge in [-0.25, -0.2) is 0 Å². The van der Waals surface area contributed by atoms with Crippen LogP contribution >= 0.6 is 104 Å². The molecule has 0 amide bonds. The van der Waals surface area contributed by atoms with Crippen molar-refractivity contribution in [3.8, 4) is 0 Å². The number of hydrogen-bond acceptors (Lipinski definition) is 15. The van der Waals surface area contributed by atoms with Gasteiger partial charge in [0.25, 0.3) is 0 Å². The number of aliphatic hydroxyl groups excluding tert-OH is 2. The first-order chi connectivity index (χ1) is 16.5. The van der Waals surface area contributed by atoms with Crippen molar-refractivity contribution < 1.29 is 28.2 Å². The van der Waals surface area contributed by atoms with Gasteiger partial charge in [-0.2, -0.15) is 35.3 Å². The third kappa shape index (κ3) is 27.7. The number of thioether (sulfide) groups is 7. The van der Waals surface area contributed by atoms with E-state index in [4.69, 9.17) is 10.2 Å². The molecule has 0 saturated heterocycles. The first kappa shape index (κ1) is 36.7. The fourth-order valence-corrected chi connectivity index (χ4v) is 14.1. The van der Waals surface area contributed by atoms with Gasteiger partial charge in [0.2, 0.25) is 5.12 Å². The van der Waals surface area contributed by atoms with E-state index in [0.29, 0.717) is 50.4 Å². The SMILES string of the molecule is O=C(CSCCS(=O)CSCSCO)SCCSCCS(=O)CCSCC(=O)SSCSCO. The summed E-state index contributed by atoms with van der Waals surface area (Å²) in [5, 5.41) is 19.6. The second kappa shape index (κ2) is 28.7. The van der Waals surface area contributed by atoms with Crippen LogP contribution in [0, 0.1) is 0 Å². The average Bonchev–Trinajstić information content (AvgIpc) is 2.82. The first-order valence-corrected chi connectivity index (χ1v) is 23.1. The molecule has 0 aromatic rings. The van der Waals surface area contributed by atoms with Crippen LogP contribution in [-0.2, 0) is 31.2 Å². The highest BCUT2D eigenvalue weighted by atomic mass is 33.1. The van der Waals surface area contributed by atoms with Gasteiger partial charge in [-0.15, -0.1) is 35.3 Å². The number of rotatable bonds is 25.